The topological polar surface area (TPSA) is 51.0 Å². The van der Waals surface area contributed by atoms with Crippen molar-refractivity contribution in [3.63, 3.8) is 0 Å². The first-order valence-corrected chi connectivity index (χ1v) is 13.6. The Bertz CT molecular complexity index is 1520. The molecule has 1 fully saturated rings. The van der Waals surface area contributed by atoms with E-state index in [9.17, 15) is 9.18 Å². The first-order valence-electron chi connectivity index (χ1n) is 13.6. The van der Waals surface area contributed by atoms with E-state index in [1.54, 1.807) is 6.07 Å². The molecule has 2 aliphatic rings. The molecule has 3 heterocycles. The summed E-state index contributed by atoms with van der Waals surface area (Å²) in [5.74, 6) is 1.28. The molecule has 1 aliphatic heterocycles. The zero-order valence-electron chi connectivity index (χ0n) is 22.2. The van der Waals surface area contributed by atoms with Gasteiger partial charge in [0, 0.05) is 43.7 Å². The van der Waals surface area contributed by atoms with Gasteiger partial charge in [-0.15, -0.1) is 0 Å². The quantitative estimate of drug-likeness (QED) is 0.288. The van der Waals surface area contributed by atoms with E-state index in [1.165, 1.54) is 6.07 Å². The van der Waals surface area contributed by atoms with Crippen molar-refractivity contribution < 1.29 is 9.18 Å². The number of benzene rings is 2. The third-order valence-corrected chi connectivity index (χ3v) is 8.00. The Morgan fingerprint density at radius 3 is 2.55 bits per heavy atom. The van der Waals surface area contributed by atoms with Gasteiger partial charge >= 0.3 is 0 Å². The number of amides is 1. The molecule has 2 aromatic heterocycles. The fourth-order valence-corrected chi connectivity index (χ4v) is 5.99. The minimum Gasteiger partial charge on any atom is -0.331 e. The van der Waals surface area contributed by atoms with Gasteiger partial charge in [0.2, 0.25) is 0 Å². The molecule has 1 atom stereocenters. The van der Waals surface area contributed by atoms with Crippen LogP contribution in [0.4, 0.5) is 4.39 Å². The summed E-state index contributed by atoms with van der Waals surface area (Å²) in [5.41, 5.74) is 7.87. The highest BCUT2D eigenvalue weighted by atomic mass is 19.1. The molecule has 0 spiro atoms. The maximum atomic E-state index is 14.3. The number of pyridine rings is 1. The largest absolute Gasteiger partial charge is 0.331 e. The molecule has 38 heavy (non-hydrogen) atoms. The van der Waals surface area contributed by atoms with Gasteiger partial charge in [0.25, 0.3) is 5.91 Å². The van der Waals surface area contributed by atoms with Gasteiger partial charge < -0.3 is 9.47 Å². The Morgan fingerprint density at radius 1 is 1.00 bits per heavy atom. The van der Waals surface area contributed by atoms with Crippen LogP contribution in [-0.2, 0) is 19.4 Å². The summed E-state index contributed by atoms with van der Waals surface area (Å²) in [5, 5.41) is 0. The van der Waals surface area contributed by atoms with Crippen molar-refractivity contribution in [3.05, 3.63) is 106 Å². The number of fused-ring (bicyclic) bond motifs is 1. The van der Waals surface area contributed by atoms with Crippen LogP contribution >= 0.6 is 0 Å². The van der Waals surface area contributed by atoms with Gasteiger partial charge in [0.05, 0.1) is 11.7 Å². The number of carbonyl (C=O) groups is 1. The van der Waals surface area contributed by atoms with Gasteiger partial charge in [0.1, 0.15) is 11.6 Å². The van der Waals surface area contributed by atoms with Gasteiger partial charge in [-0.25, -0.2) is 9.37 Å². The lowest BCUT2D eigenvalue weighted by atomic mass is 9.86. The smallest absolute Gasteiger partial charge is 0.254 e. The average molecular weight is 509 g/mol. The monoisotopic (exact) mass is 508 g/mol. The summed E-state index contributed by atoms with van der Waals surface area (Å²) in [4.78, 5) is 25.5. The van der Waals surface area contributed by atoms with Gasteiger partial charge in [-0.05, 0) is 109 Å². The Labute approximate surface area is 223 Å². The molecule has 0 saturated heterocycles. The van der Waals surface area contributed by atoms with E-state index in [0.29, 0.717) is 19.0 Å². The van der Waals surface area contributed by atoms with Crippen LogP contribution in [0.3, 0.4) is 0 Å². The van der Waals surface area contributed by atoms with Crippen LogP contribution in [0.5, 0.6) is 0 Å². The van der Waals surface area contributed by atoms with Crippen molar-refractivity contribution in [1.29, 1.82) is 0 Å². The molecule has 2 aromatic carbocycles. The zero-order chi connectivity index (χ0) is 26.4. The van der Waals surface area contributed by atoms with Crippen molar-refractivity contribution in [1.82, 2.24) is 19.4 Å². The normalized spacial score (nSPS) is 16.0. The minimum atomic E-state index is -0.248. The lowest BCUT2D eigenvalue weighted by Gasteiger charge is -2.36. The molecule has 1 amide bonds. The van der Waals surface area contributed by atoms with Crippen LogP contribution in [-0.4, -0.2) is 31.9 Å². The highest BCUT2D eigenvalue weighted by molar-refractivity contribution is 5.99. The van der Waals surface area contributed by atoms with Crippen LogP contribution in [0.2, 0.25) is 0 Å². The Kier molecular flexibility index (Phi) is 6.34. The number of hydrogen-bond acceptors (Lipinski definition) is 3. The van der Waals surface area contributed by atoms with E-state index in [0.717, 1.165) is 76.1 Å². The van der Waals surface area contributed by atoms with Crippen molar-refractivity contribution in [3.8, 4) is 11.1 Å². The van der Waals surface area contributed by atoms with E-state index in [4.69, 9.17) is 4.98 Å². The third kappa shape index (κ3) is 4.53. The van der Waals surface area contributed by atoms with Crippen molar-refractivity contribution in [2.24, 2.45) is 5.92 Å². The van der Waals surface area contributed by atoms with E-state index in [1.807, 2.05) is 37.6 Å². The van der Waals surface area contributed by atoms with E-state index >= 15 is 0 Å². The third-order valence-electron chi connectivity index (χ3n) is 8.00. The second kappa shape index (κ2) is 9.82. The number of aryl methyl sites for hydroxylation is 3. The number of hydrogen-bond donors (Lipinski definition) is 0. The molecule has 1 saturated carbocycles. The van der Waals surface area contributed by atoms with Crippen LogP contribution < -0.4 is 0 Å². The molecule has 0 unspecified atom stereocenters. The molecule has 0 N–H and O–H groups in total. The summed E-state index contributed by atoms with van der Waals surface area (Å²) in [6.07, 6.45) is 9.50. The zero-order valence-corrected chi connectivity index (χ0v) is 22.2. The van der Waals surface area contributed by atoms with Gasteiger partial charge in [-0.3, -0.25) is 9.78 Å². The second-order valence-electron chi connectivity index (χ2n) is 10.7. The summed E-state index contributed by atoms with van der Waals surface area (Å²) in [6, 6.07) is 13.3. The molecule has 5 nitrogen and oxygen atoms in total. The standard InChI is InChI=1S/C32H33FN4O/c1-4-30-35-12-14-36(30)19-22-17-27(25-8-7-24(33)16-21(25)3)26-10-13-37(32(38)28(26)18-22)31(23-5-6-23)29-15-20(2)9-11-34-29/h7-9,11-12,14-18,23,31H,4-6,10,13,19H2,1-3H3/t31-/m0/s1. The highest BCUT2D eigenvalue weighted by Gasteiger charge is 2.41. The summed E-state index contributed by atoms with van der Waals surface area (Å²) in [6.45, 7) is 7.38. The Hall–Kier alpha value is -3.80. The average Bonchev–Trinajstić information content (AvgIpc) is 3.63. The number of halogens is 1. The first kappa shape index (κ1) is 24.5. The molecular formula is C32H33FN4O. The van der Waals surface area contributed by atoms with E-state index in [-0.39, 0.29) is 17.8 Å². The van der Waals surface area contributed by atoms with Crippen molar-refractivity contribution >= 4 is 5.91 Å². The summed E-state index contributed by atoms with van der Waals surface area (Å²) in [7, 11) is 0. The van der Waals surface area contributed by atoms with E-state index < -0.39 is 0 Å². The molecule has 0 bridgehead atoms. The molecule has 6 heteroatoms. The number of rotatable bonds is 7. The van der Waals surface area contributed by atoms with Crippen molar-refractivity contribution in [2.75, 3.05) is 6.54 Å². The summed E-state index contributed by atoms with van der Waals surface area (Å²) >= 11 is 0. The summed E-state index contributed by atoms with van der Waals surface area (Å²) < 4.78 is 16.1. The maximum absolute atomic E-state index is 14.3. The molecular weight excluding hydrogens is 475 g/mol. The number of carbonyl (C=O) groups excluding carboxylic acids is 1. The molecule has 194 valence electrons. The van der Waals surface area contributed by atoms with Crippen molar-refractivity contribution in [2.45, 2.75) is 59.0 Å². The number of aromatic nitrogens is 3. The predicted octanol–water partition coefficient (Wildman–Crippen LogP) is 6.46. The predicted molar refractivity (Wildman–Crippen MR) is 146 cm³/mol. The molecule has 0 radical (unpaired) electrons. The Balaban J connectivity index is 1.46. The van der Waals surface area contributed by atoms with Crippen LogP contribution in [0.1, 0.15) is 69.9 Å². The Morgan fingerprint density at radius 2 is 1.82 bits per heavy atom. The SMILES string of the molecule is CCc1nccn1Cc1cc2c(c(-c3ccc(F)cc3C)c1)CCN([C@H](c1cc(C)ccn1)C1CC1)C2=O. The van der Waals surface area contributed by atoms with Gasteiger partial charge in [-0.2, -0.15) is 0 Å². The van der Waals surface area contributed by atoms with Gasteiger partial charge in [0.15, 0.2) is 0 Å². The number of nitrogens with zero attached hydrogens (tertiary/aromatic N) is 4. The lowest BCUT2D eigenvalue weighted by molar-refractivity contribution is 0.0627. The second-order valence-corrected chi connectivity index (χ2v) is 10.7. The molecule has 4 aromatic rings. The van der Waals surface area contributed by atoms with E-state index in [2.05, 4.69) is 46.5 Å². The number of imidazole rings is 1. The fourth-order valence-electron chi connectivity index (χ4n) is 5.99. The first-order chi connectivity index (χ1) is 18.4. The van der Waals surface area contributed by atoms with Crippen LogP contribution in [0, 0.1) is 25.6 Å². The maximum Gasteiger partial charge on any atom is 0.254 e. The fraction of sp³-hybridized carbons (Fsp3) is 0.344. The van der Waals surface area contributed by atoms with Crippen LogP contribution in [0.25, 0.3) is 11.1 Å². The molecule has 1 aliphatic carbocycles. The lowest BCUT2D eigenvalue weighted by Crippen LogP contribution is -2.41. The minimum absolute atomic E-state index is 0.00411. The molecule has 6 rings (SSSR count). The highest BCUT2D eigenvalue weighted by Crippen LogP contribution is 2.46. The van der Waals surface area contributed by atoms with Crippen LogP contribution in [0.15, 0.2) is 61.1 Å². The van der Waals surface area contributed by atoms with Gasteiger partial charge in [-0.1, -0.05) is 13.0 Å².